The van der Waals surface area contributed by atoms with Gasteiger partial charge in [0, 0.05) is 5.02 Å². The van der Waals surface area contributed by atoms with Gasteiger partial charge in [0.2, 0.25) is 6.61 Å². The number of nitrogens with zero attached hydrogens (tertiary/aromatic N) is 1. The molecule has 0 saturated carbocycles. The molecule has 0 spiro atoms. The van der Waals surface area contributed by atoms with Crippen molar-refractivity contribution in [2.45, 2.75) is 6.61 Å². The van der Waals surface area contributed by atoms with Crippen molar-refractivity contribution in [3.05, 3.63) is 88.9 Å². The molecule has 0 radical (unpaired) electrons. The van der Waals surface area contributed by atoms with E-state index >= 15 is 0 Å². The summed E-state index contributed by atoms with van der Waals surface area (Å²) in [5, 5.41) is 12.9. The van der Waals surface area contributed by atoms with Crippen LogP contribution in [0.1, 0.15) is 11.1 Å². The van der Waals surface area contributed by atoms with E-state index < -0.39 is 12.6 Å². The number of carbonyl (C=O) groups is 1. The van der Waals surface area contributed by atoms with Crippen LogP contribution in [0.3, 0.4) is 0 Å². The first-order valence-electron chi connectivity index (χ1n) is 8.55. The van der Waals surface area contributed by atoms with Gasteiger partial charge >= 0.3 is 5.97 Å². The molecule has 28 heavy (non-hydrogen) atoms. The van der Waals surface area contributed by atoms with E-state index in [2.05, 4.69) is 9.99 Å². The predicted molar refractivity (Wildman–Crippen MR) is 109 cm³/mol. The van der Waals surface area contributed by atoms with Gasteiger partial charge < -0.3 is 14.7 Å². The molecule has 6 heteroatoms. The molecule has 142 valence electrons. The molecule has 0 saturated heterocycles. The average molecular weight is 396 g/mol. The number of carboxylic acid groups (broad SMARTS) is 1. The van der Waals surface area contributed by atoms with Crippen molar-refractivity contribution in [3.8, 4) is 16.9 Å². The molecular weight excluding hydrogens is 378 g/mol. The van der Waals surface area contributed by atoms with Crippen molar-refractivity contribution < 1.29 is 19.5 Å². The molecule has 5 nitrogen and oxygen atoms in total. The lowest BCUT2D eigenvalue weighted by Gasteiger charge is -2.08. The fourth-order valence-electron chi connectivity index (χ4n) is 2.53. The van der Waals surface area contributed by atoms with Crippen LogP contribution in [0.5, 0.6) is 5.75 Å². The summed E-state index contributed by atoms with van der Waals surface area (Å²) in [6, 6.07) is 23.0. The molecule has 3 rings (SSSR count). The van der Waals surface area contributed by atoms with Crippen LogP contribution in [0.15, 0.2) is 78.0 Å². The van der Waals surface area contributed by atoms with Crippen molar-refractivity contribution in [1.82, 2.24) is 0 Å². The minimum absolute atomic E-state index is 0.447. The highest BCUT2D eigenvalue weighted by Gasteiger charge is 2.02. The zero-order chi connectivity index (χ0) is 19.8. The second kappa shape index (κ2) is 9.58. The Labute approximate surface area is 167 Å². The summed E-state index contributed by atoms with van der Waals surface area (Å²) in [6.07, 6.45) is 1.48. The Balaban J connectivity index is 1.63. The molecule has 3 aromatic rings. The topological polar surface area (TPSA) is 68.1 Å². The van der Waals surface area contributed by atoms with Crippen molar-refractivity contribution in [2.24, 2.45) is 5.16 Å². The lowest BCUT2D eigenvalue weighted by molar-refractivity contribution is -0.142. The molecule has 0 aliphatic heterocycles. The molecule has 0 fully saturated rings. The third-order valence-electron chi connectivity index (χ3n) is 3.83. The molecule has 0 heterocycles. The van der Waals surface area contributed by atoms with Crippen LogP contribution in [0, 0.1) is 0 Å². The van der Waals surface area contributed by atoms with E-state index in [9.17, 15) is 4.79 Å². The largest absolute Gasteiger partial charge is 0.489 e. The molecule has 3 aromatic carbocycles. The summed E-state index contributed by atoms with van der Waals surface area (Å²) in [6.45, 7) is -0.0188. The first-order chi connectivity index (χ1) is 13.6. The number of oxime groups is 1. The van der Waals surface area contributed by atoms with E-state index in [1.54, 1.807) is 0 Å². The number of carboxylic acids is 1. The predicted octanol–water partition coefficient (Wildman–Crippen LogP) is 5.02. The summed E-state index contributed by atoms with van der Waals surface area (Å²) in [7, 11) is 0. The number of aliphatic carboxylic acids is 1. The van der Waals surface area contributed by atoms with Gasteiger partial charge in [-0.05, 0) is 52.6 Å². The molecule has 0 unspecified atom stereocenters. The van der Waals surface area contributed by atoms with Gasteiger partial charge in [-0.3, -0.25) is 0 Å². The Morgan fingerprint density at radius 1 is 1.00 bits per heavy atom. The molecule has 0 aliphatic carbocycles. The summed E-state index contributed by atoms with van der Waals surface area (Å²) in [4.78, 5) is 15.1. The Kier molecular flexibility index (Phi) is 6.65. The fourth-order valence-corrected chi connectivity index (χ4v) is 2.74. The zero-order valence-electron chi connectivity index (χ0n) is 14.9. The molecule has 0 aromatic heterocycles. The summed E-state index contributed by atoms with van der Waals surface area (Å²) in [5.41, 5.74) is 3.85. The number of halogens is 1. The molecular formula is C22H18ClNO4. The highest BCUT2D eigenvalue weighted by atomic mass is 35.5. The van der Waals surface area contributed by atoms with Crippen LogP contribution in [-0.4, -0.2) is 23.9 Å². The second-order valence-corrected chi connectivity index (χ2v) is 6.41. The van der Waals surface area contributed by atoms with Crippen LogP contribution >= 0.6 is 11.6 Å². The lowest BCUT2D eigenvalue weighted by Crippen LogP contribution is -2.03. The number of rotatable bonds is 8. The number of hydrogen-bond acceptors (Lipinski definition) is 4. The Morgan fingerprint density at radius 2 is 1.79 bits per heavy atom. The standard InChI is InChI=1S/C22H18ClNO4/c23-20-6-2-4-17(12-20)14-27-21-9-7-18(8-10-21)19-5-1-3-16(11-19)13-24-28-15-22(25)26/h1-13H,14-15H2,(H,25,26). The molecule has 0 atom stereocenters. The van der Waals surface area contributed by atoms with E-state index in [1.165, 1.54) is 6.21 Å². The van der Waals surface area contributed by atoms with E-state index in [-0.39, 0.29) is 0 Å². The van der Waals surface area contributed by atoms with Gasteiger partial charge in [-0.15, -0.1) is 0 Å². The number of ether oxygens (including phenoxy) is 1. The van der Waals surface area contributed by atoms with Crippen LogP contribution in [0.25, 0.3) is 11.1 Å². The van der Waals surface area contributed by atoms with Gasteiger partial charge in [-0.1, -0.05) is 59.2 Å². The van der Waals surface area contributed by atoms with Crippen LogP contribution in [0.4, 0.5) is 0 Å². The highest BCUT2D eigenvalue weighted by molar-refractivity contribution is 6.30. The lowest BCUT2D eigenvalue weighted by atomic mass is 10.0. The first kappa shape index (κ1) is 19.5. The van der Waals surface area contributed by atoms with E-state index in [0.717, 1.165) is 28.0 Å². The second-order valence-electron chi connectivity index (χ2n) is 5.97. The fraction of sp³-hybridized carbons (Fsp3) is 0.0909. The maximum absolute atomic E-state index is 10.4. The molecule has 0 bridgehead atoms. The molecule has 0 amide bonds. The summed E-state index contributed by atoms with van der Waals surface area (Å²) >= 11 is 5.98. The monoisotopic (exact) mass is 395 g/mol. The maximum atomic E-state index is 10.4. The van der Waals surface area contributed by atoms with Crippen molar-refractivity contribution >= 4 is 23.8 Å². The minimum Gasteiger partial charge on any atom is -0.489 e. The zero-order valence-corrected chi connectivity index (χ0v) is 15.7. The van der Waals surface area contributed by atoms with Crippen LogP contribution < -0.4 is 4.74 Å². The Bertz CT molecular complexity index is 970. The van der Waals surface area contributed by atoms with Crippen molar-refractivity contribution in [3.63, 3.8) is 0 Å². The SMILES string of the molecule is O=C(O)CON=Cc1cccc(-c2ccc(OCc3cccc(Cl)c3)cc2)c1. The van der Waals surface area contributed by atoms with Crippen LogP contribution in [0.2, 0.25) is 5.02 Å². The number of benzene rings is 3. The third-order valence-corrected chi connectivity index (χ3v) is 4.07. The van der Waals surface area contributed by atoms with E-state index in [1.807, 2.05) is 72.8 Å². The van der Waals surface area contributed by atoms with Gasteiger partial charge in [-0.2, -0.15) is 0 Å². The van der Waals surface area contributed by atoms with Crippen LogP contribution in [-0.2, 0) is 16.2 Å². The van der Waals surface area contributed by atoms with E-state index in [4.69, 9.17) is 21.4 Å². The normalized spacial score (nSPS) is 10.8. The van der Waals surface area contributed by atoms with Gasteiger partial charge in [0.1, 0.15) is 12.4 Å². The average Bonchev–Trinajstić information content (AvgIpc) is 2.70. The third kappa shape index (κ3) is 5.86. The van der Waals surface area contributed by atoms with Gasteiger partial charge in [0.25, 0.3) is 0 Å². The Morgan fingerprint density at radius 3 is 2.54 bits per heavy atom. The maximum Gasteiger partial charge on any atom is 0.344 e. The van der Waals surface area contributed by atoms with Gasteiger partial charge in [-0.25, -0.2) is 4.79 Å². The molecule has 0 aliphatic rings. The van der Waals surface area contributed by atoms with Gasteiger partial charge in [0.15, 0.2) is 0 Å². The van der Waals surface area contributed by atoms with Crippen molar-refractivity contribution in [2.75, 3.05) is 6.61 Å². The molecule has 1 N–H and O–H groups in total. The summed E-state index contributed by atoms with van der Waals surface area (Å²) in [5.74, 6) is -0.299. The smallest absolute Gasteiger partial charge is 0.344 e. The van der Waals surface area contributed by atoms with Gasteiger partial charge in [0.05, 0.1) is 6.21 Å². The summed E-state index contributed by atoms with van der Waals surface area (Å²) < 4.78 is 5.80. The minimum atomic E-state index is -1.07. The number of hydrogen-bond donors (Lipinski definition) is 1. The van der Waals surface area contributed by atoms with Crippen molar-refractivity contribution in [1.29, 1.82) is 0 Å². The first-order valence-corrected chi connectivity index (χ1v) is 8.93. The highest BCUT2D eigenvalue weighted by Crippen LogP contribution is 2.24. The van der Waals surface area contributed by atoms with E-state index in [0.29, 0.717) is 11.6 Å². The quantitative estimate of drug-likeness (QED) is 0.429. The Hall–Kier alpha value is -3.31.